The molecule has 4 aliphatic rings. The molecule has 1 aromatic rings. The standard InChI is InChI=1S/C20H18FN3O3S/c1-11-16-6-12(17-10-22-18-7-13(21)3-4-15(17)18)2-5-19(16)28(26,27)24(11)14-8-20(25)23-9-14/h2-6,10-11,14H,7-9H2,1H3,(H,23,25). The number of halogens is 1. The number of carbonyl (C=O) groups is 1. The average molecular weight is 399 g/mol. The summed E-state index contributed by atoms with van der Waals surface area (Å²) >= 11 is 0. The molecule has 1 amide bonds. The van der Waals surface area contributed by atoms with Crippen LogP contribution in [0.4, 0.5) is 4.39 Å². The third-order valence-electron chi connectivity index (χ3n) is 5.74. The number of amides is 1. The summed E-state index contributed by atoms with van der Waals surface area (Å²) in [4.78, 5) is 16.2. The van der Waals surface area contributed by atoms with Gasteiger partial charge in [-0.2, -0.15) is 4.31 Å². The van der Waals surface area contributed by atoms with E-state index in [2.05, 4.69) is 10.3 Å². The number of fused-ring (bicyclic) bond motifs is 2. The highest BCUT2D eigenvalue weighted by molar-refractivity contribution is 7.89. The summed E-state index contributed by atoms with van der Waals surface area (Å²) in [7, 11) is -3.65. The highest BCUT2D eigenvalue weighted by Crippen LogP contribution is 2.44. The Morgan fingerprint density at radius 1 is 1.25 bits per heavy atom. The molecule has 0 bridgehead atoms. The lowest BCUT2D eigenvalue weighted by molar-refractivity contribution is -0.119. The number of nitrogens with one attached hydrogen (secondary N) is 1. The highest BCUT2D eigenvalue weighted by Gasteiger charge is 2.46. The van der Waals surface area contributed by atoms with Gasteiger partial charge in [0.2, 0.25) is 15.9 Å². The van der Waals surface area contributed by atoms with Crippen LogP contribution in [0.3, 0.4) is 0 Å². The van der Waals surface area contributed by atoms with Gasteiger partial charge in [0.1, 0.15) is 5.83 Å². The largest absolute Gasteiger partial charge is 0.354 e. The predicted molar refractivity (Wildman–Crippen MR) is 103 cm³/mol. The van der Waals surface area contributed by atoms with Crippen molar-refractivity contribution in [1.29, 1.82) is 0 Å². The van der Waals surface area contributed by atoms with Crippen LogP contribution in [0.15, 0.2) is 57.8 Å². The van der Waals surface area contributed by atoms with E-state index in [1.54, 1.807) is 24.4 Å². The van der Waals surface area contributed by atoms with Crippen LogP contribution < -0.4 is 5.32 Å². The molecule has 3 aliphatic heterocycles. The summed E-state index contributed by atoms with van der Waals surface area (Å²) in [5, 5.41) is 2.71. The Balaban J connectivity index is 1.53. The second-order valence-electron chi connectivity index (χ2n) is 7.41. The number of carbonyl (C=O) groups excluding carboxylic acids is 1. The van der Waals surface area contributed by atoms with Gasteiger partial charge < -0.3 is 5.32 Å². The lowest BCUT2D eigenvalue weighted by atomic mass is 9.91. The molecule has 1 saturated heterocycles. The van der Waals surface area contributed by atoms with Crippen molar-refractivity contribution in [2.45, 2.75) is 36.7 Å². The lowest BCUT2D eigenvalue weighted by Crippen LogP contribution is -2.38. The number of rotatable bonds is 2. The summed E-state index contributed by atoms with van der Waals surface area (Å²) in [6.45, 7) is 2.18. The minimum Gasteiger partial charge on any atom is -0.354 e. The number of nitrogens with zero attached hydrogens (tertiary/aromatic N) is 2. The molecule has 1 fully saturated rings. The molecule has 1 aliphatic carbocycles. The van der Waals surface area contributed by atoms with Crippen molar-refractivity contribution < 1.29 is 17.6 Å². The smallest absolute Gasteiger partial charge is 0.244 e. The van der Waals surface area contributed by atoms with Gasteiger partial charge in [-0.1, -0.05) is 6.07 Å². The van der Waals surface area contributed by atoms with Crippen LogP contribution in [0.5, 0.6) is 0 Å². The predicted octanol–water partition coefficient (Wildman–Crippen LogP) is 2.62. The molecule has 144 valence electrons. The lowest BCUT2D eigenvalue weighted by Gasteiger charge is -2.25. The Labute approximate surface area is 162 Å². The van der Waals surface area contributed by atoms with Crippen molar-refractivity contribution in [1.82, 2.24) is 9.62 Å². The highest BCUT2D eigenvalue weighted by atomic mass is 32.2. The Morgan fingerprint density at radius 3 is 2.82 bits per heavy atom. The van der Waals surface area contributed by atoms with Crippen LogP contribution in [0.2, 0.25) is 0 Å². The van der Waals surface area contributed by atoms with Gasteiger partial charge in [0.15, 0.2) is 0 Å². The van der Waals surface area contributed by atoms with Crippen molar-refractivity contribution in [2.75, 3.05) is 6.54 Å². The van der Waals surface area contributed by atoms with Gasteiger partial charge in [0, 0.05) is 42.8 Å². The molecule has 2 atom stereocenters. The van der Waals surface area contributed by atoms with E-state index in [1.165, 1.54) is 10.4 Å². The number of allylic oxidation sites excluding steroid dienone is 5. The number of aliphatic imine (C=N–C) groups is 1. The molecule has 0 radical (unpaired) electrons. The van der Waals surface area contributed by atoms with Crippen molar-refractivity contribution in [2.24, 2.45) is 4.99 Å². The molecular formula is C20H18FN3O3S. The van der Waals surface area contributed by atoms with Crippen molar-refractivity contribution in [3.63, 3.8) is 0 Å². The summed E-state index contributed by atoms with van der Waals surface area (Å²) in [6.07, 6.45) is 5.22. The van der Waals surface area contributed by atoms with E-state index >= 15 is 0 Å². The van der Waals surface area contributed by atoms with Crippen molar-refractivity contribution in [3.05, 3.63) is 59.1 Å². The second kappa shape index (κ2) is 5.96. The molecule has 0 saturated carbocycles. The third kappa shape index (κ3) is 2.44. The van der Waals surface area contributed by atoms with Crippen LogP contribution in [0.1, 0.15) is 36.9 Å². The van der Waals surface area contributed by atoms with Gasteiger partial charge in [-0.25, -0.2) is 12.8 Å². The summed E-state index contributed by atoms with van der Waals surface area (Å²) in [5.41, 5.74) is 3.99. The van der Waals surface area contributed by atoms with E-state index in [0.29, 0.717) is 17.8 Å². The number of hydrogen-bond donors (Lipinski definition) is 1. The van der Waals surface area contributed by atoms with Gasteiger partial charge in [0.25, 0.3) is 0 Å². The topological polar surface area (TPSA) is 78.8 Å². The first-order chi connectivity index (χ1) is 13.4. The molecule has 2 unspecified atom stereocenters. The normalized spacial score (nSPS) is 28.1. The summed E-state index contributed by atoms with van der Waals surface area (Å²) in [5.74, 6) is -0.351. The molecule has 0 spiro atoms. The molecule has 8 heteroatoms. The number of benzene rings is 1. The minimum atomic E-state index is -3.65. The first kappa shape index (κ1) is 17.5. The maximum Gasteiger partial charge on any atom is 0.244 e. The Morgan fingerprint density at radius 2 is 2.07 bits per heavy atom. The second-order valence-corrected chi connectivity index (χ2v) is 9.23. The van der Waals surface area contributed by atoms with Crippen molar-refractivity contribution >= 4 is 27.2 Å². The zero-order valence-corrected chi connectivity index (χ0v) is 16.0. The van der Waals surface area contributed by atoms with E-state index < -0.39 is 10.0 Å². The average Bonchev–Trinajstić information content (AvgIpc) is 3.31. The Hall–Kier alpha value is -2.58. The monoisotopic (exact) mass is 399 g/mol. The van der Waals surface area contributed by atoms with Gasteiger partial charge in [-0.3, -0.25) is 9.79 Å². The summed E-state index contributed by atoms with van der Waals surface area (Å²) < 4.78 is 41.1. The molecule has 5 rings (SSSR count). The maximum absolute atomic E-state index is 13.5. The van der Waals surface area contributed by atoms with Crippen LogP contribution >= 0.6 is 0 Å². The van der Waals surface area contributed by atoms with E-state index in [1.807, 2.05) is 13.0 Å². The van der Waals surface area contributed by atoms with Crippen LogP contribution in [0.25, 0.3) is 5.57 Å². The van der Waals surface area contributed by atoms with Crippen molar-refractivity contribution in [3.8, 4) is 0 Å². The minimum absolute atomic E-state index is 0.130. The first-order valence-corrected chi connectivity index (χ1v) is 10.6. The SMILES string of the molecule is CC1c2cc(C3=CN=C4CC(F)=CC=C34)ccc2S(=O)(=O)N1C1CNC(=O)C1. The van der Waals surface area contributed by atoms with Gasteiger partial charge in [-0.15, -0.1) is 0 Å². The Kier molecular flexibility index (Phi) is 3.73. The molecular weight excluding hydrogens is 381 g/mol. The van der Waals surface area contributed by atoms with Gasteiger partial charge in [-0.05, 0) is 42.3 Å². The fraction of sp³-hybridized carbons (Fsp3) is 0.300. The van der Waals surface area contributed by atoms with Gasteiger partial charge in [0.05, 0.1) is 16.6 Å². The van der Waals surface area contributed by atoms with Crippen LogP contribution in [0, 0.1) is 0 Å². The zero-order chi connectivity index (χ0) is 19.6. The molecule has 1 aromatic carbocycles. The van der Waals surface area contributed by atoms with Crippen LogP contribution in [-0.4, -0.2) is 36.9 Å². The van der Waals surface area contributed by atoms with Gasteiger partial charge >= 0.3 is 0 Å². The third-order valence-corrected chi connectivity index (χ3v) is 7.84. The molecule has 3 heterocycles. The molecule has 28 heavy (non-hydrogen) atoms. The molecule has 1 N–H and O–H groups in total. The Bertz CT molecular complexity index is 1150. The first-order valence-electron chi connectivity index (χ1n) is 9.15. The zero-order valence-electron chi connectivity index (χ0n) is 15.1. The molecule has 6 nitrogen and oxygen atoms in total. The van der Waals surface area contributed by atoms with E-state index in [-0.39, 0.29) is 41.6 Å². The fourth-order valence-electron chi connectivity index (χ4n) is 4.41. The van der Waals surface area contributed by atoms with E-state index in [9.17, 15) is 17.6 Å². The quantitative estimate of drug-likeness (QED) is 0.830. The molecule has 0 aromatic heterocycles. The fourth-order valence-corrected chi connectivity index (χ4v) is 6.47. The van der Waals surface area contributed by atoms with E-state index in [0.717, 1.165) is 16.7 Å². The van der Waals surface area contributed by atoms with E-state index in [4.69, 9.17) is 0 Å². The number of hydrogen-bond acceptors (Lipinski definition) is 4. The summed E-state index contributed by atoms with van der Waals surface area (Å²) in [6, 6.07) is 4.53. The maximum atomic E-state index is 13.5. The number of sulfonamides is 1. The van der Waals surface area contributed by atoms with Crippen LogP contribution in [-0.2, 0) is 14.8 Å².